The van der Waals surface area contributed by atoms with Gasteiger partial charge >= 0.3 is 5.97 Å². The molecule has 0 saturated heterocycles. The first kappa shape index (κ1) is 13.0. The highest BCUT2D eigenvalue weighted by Gasteiger charge is 2.08. The van der Waals surface area contributed by atoms with Crippen molar-refractivity contribution in [1.82, 2.24) is 0 Å². The molecule has 0 radical (unpaired) electrons. The molecule has 0 aliphatic rings. The molecule has 1 aromatic rings. The number of ketones is 1. The third-order valence-corrected chi connectivity index (χ3v) is 2.25. The lowest BCUT2D eigenvalue weighted by Gasteiger charge is -2.02. The monoisotopic (exact) mass is 234 g/mol. The molecule has 0 heterocycles. The summed E-state index contributed by atoms with van der Waals surface area (Å²) in [5, 5.41) is 8.68. The fourth-order valence-corrected chi connectivity index (χ4v) is 1.34. The summed E-state index contributed by atoms with van der Waals surface area (Å²) in [7, 11) is 1.57. The Hall–Kier alpha value is -2.10. The Balaban J connectivity index is 2.95. The van der Waals surface area contributed by atoms with Crippen molar-refractivity contribution in [3.8, 4) is 5.75 Å². The van der Waals surface area contributed by atoms with E-state index >= 15 is 0 Å². The first-order valence-electron chi connectivity index (χ1n) is 5.10. The van der Waals surface area contributed by atoms with E-state index in [1.165, 1.54) is 6.92 Å². The van der Waals surface area contributed by atoms with Crippen LogP contribution < -0.4 is 4.74 Å². The molecule has 4 nitrogen and oxygen atoms in total. The third-order valence-electron chi connectivity index (χ3n) is 2.25. The molecular weight excluding hydrogens is 220 g/mol. The van der Waals surface area contributed by atoms with E-state index in [-0.39, 0.29) is 17.8 Å². The Morgan fingerprint density at radius 3 is 2.29 bits per heavy atom. The number of aliphatic carboxylic acids is 1. The summed E-state index contributed by atoms with van der Waals surface area (Å²) in [6, 6.07) is 7.04. The minimum atomic E-state index is -1.01. The number of Topliss-reactive ketones (excluding diaryl/α,β-unsaturated/α-hetero) is 1. The fraction of sp³-hybridized carbons (Fsp3) is 0.231. The summed E-state index contributed by atoms with van der Waals surface area (Å²) < 4.78 is 5.00. The van der Waals surface area contributed by atoms with Gasteiger partial charge in [-0.2, -0.15) is 0 Å². The smallest absolute Gasteiger partial charge is 0.307 e. The Morgan fingerprint density at radius 2 is 1.88 bits per heavy atom. The number of hydrogen-bond donors (Lipinski definition) is 1. The minimum absolute atomic E-state index is 0.233. The molecule has 90 valence electrons. The van der Waals surface area contributed by atoms with Crippen molar-refractivity contribution in [1.29, 1.82) is 0 Å². The highest BCUT2D eigenvalue weighted by molar-refractivity contribution is 6.01. The number of carboxylic acids is 1. The summed E-state index contributed by atoms with van der Waals surface area (Å²) in [6.45, 7) is 1.36. The molecule has 0 amide bonds. The van der Waals surface area contributed by atoms with Gasteiger partial charge in [0.25, 0.3) is 0 Å². The van der Waals surface area contributed by atoms with Crippen LogP contribution in [0.3, 0.4) is 0 Å². The molecule has 0 atom stereocenters. The molecule has 0 aliphatic heterocycles. The normalized spacial score (nSPS) is 11.1. The Bertz CT molecular complexity index is 443. The summed E-state index contributed by atoms with van der Waals surface area (Å²) in [5.41, 5.74) is 1.06. The van der Waals surface area contributed by atoms with Crippen LogP contribution in [-0.4, -0.2) is 24.0 Å². The van der Waals surface area contributed by atoms with E-state index < -0.39 is 5.97 Å². The SMILES string of the molecule is COc1ccc(C=C(CC(=O)O)C(C)=O)cc1. The van der Waals surface area contributed by atoms with Gasteiger partial charge in [0, 0.05) is 5.57 Å². The summed E-state index contributed by atoms with van der Waals surface area (Å²) in [6.07, 6.45) is 1.32. The van der Waals surface area contributed by atoms with Crippen molar-refractivity contribution < 1.29 is 19.4 Å². The van der Waals surface area contributed by atoms with Crippen LogP contribution in [0.2, 0.25) is 0 Å². The van der Waals surface area contributed by atoms with Crippen molar-refractivity contribution in [2.75, 3.05) is 7.11 Å². The molecule has 1 N–H and O–H groups in total. The fourth-order valence-electron chi connectivity index (χ4n) is 1.34. The van der Waals surface area contributed by atoms with Gasteiger partial charge in [0.05, 0.1) is 13.5 Å². The van der Waals surface area contributed by atoms with Crippen LogP contribution in [0.5, 0.6) is 5.75 Å². The van der Waals surface area contributed by atoms with E-state index in [0.29, 0.717) is 5.75 Å². The lowest BCUT2D eigenvalue weighted by molar-refractivity contribution is -0.136. The molecular formula is C13H14O4. The largest absolute Gasteiger partial charge is 0.497 e. The van der Waals surface area contributed by atoms with Gasteiger partial charge in [0.1, 0.15) is 5.75 Å². The second kappa shape index (κ2) is 5.84. The average molecular weight is 234 g/mol. The number of carbonyl (C=O) groups is 2. The number of benzene rings is 1. The molecule has 0 fully saturated rings. The Morgan fingerprint density at radius 1 is 1.29 bits per heavy atom. The van der Waals surface area contributed by atoms with E-state index in [2.05, 4.69) is 0 Å². The summed E-state index contributed by atoms with van der Waals surface area (Å²) >= 11 is 0. The van der Waals surface area contributed by atoms with E-state index in [0.717, 1.165) is 5.56 Å². The molecule has 0 aliphatic carbocycles. The molecule has 0 unspecified atom stereocenters. The van der Waals surface area contributed by atoms with Gasteiger partial charge < -0.3 is 9.84 Å². The lowest BCUT2D eigenvalue weighted by Crippen LogP contribution is -2.04. The van der Waals surface area contributed by atoms with E-state index in [1.54, 1.807) is 37.5 Å². The zero-order chi connectivity index (χ0) is 12.8. The molecule has 17 heavy (non-hydrogen) atoms. The highest BCUT2D eigenvalue weighted by atomic mass is 16.5. The quantitative estimate of drug-likeness (QED) is 0.793. The minimum Gasteiger partial charge on any atom is -0.497 e. The van der Waals surface area contributed by atoms with Gasteiger partial charge in [-0.3, -0.25) is 9.59 Å². The number of methoxy groups -OCH3 is 1. The maximum atomic E-state index is 11.3. The number of rotatable bonds is 5. The standard InChI is InChI=1S/C13H14O4/c1-9(14)11(8-13(15)16)7-10-3-5-12(17-2)6-4-10/h3-7H,8H2,1-2H3,(H,15,16). The number of hydrogen-bond acceptors (Lipinski definition) is 3. The van der Waals surface area contributed by atoms with Gasteiger partial charge in [-0.05, 0) is 30.7 Å². The zero-order valence-electron chi connectivity index (χ0n) is 9.77. The maximum absolute atomic E-state index is 11.3. The molecule has 1 rings (SSSR count). The van der Waals surface area contributed by atoms with E-state index in [9.17, 15) is 9.59 Å². The van der Waals surface area contributed by atoms with Crippen LogP contribution in [0.4, 0.5) is 0 Å². The van der Waals surface area contributed by atoms with E-state index in [1.807, 2.05) is 0 Å². The molecule has 0 spiro atoms. The topological polar surface area (TPSA) is 63.6 Å². The number of ether oxygens (including phenoxy) is 1. The van der Waals surface area contributed by atoms with Crippen LogP contribution in [-0.2, 0) is 9.59 Å². The second-order valence-electron chi connectivity index (χ2n) is 3.57. The second-order valence-corrected chi connectivity index (χ2v) is 3.57. The molecule has 0 bridgehead atoms. The Kier molecular flexibility index (Phi) is 4.46. The summed E-state index contributed by atoms with van der Waals surface area (Å²) in [4.78, 5) is 21.8. The van der Waals surface area contributed by atoms with Crippen LogP contribution in [0.15, 0.2) is 29.8 Å². The van der Waals surface area contributed by atoms with Gasteiger partial charge in [-0.15, -0.1) is 0 Å². The average Bonchev–Trinajstić information content (AvgIpc) is 2.28. The van der Waals surface area contributed by atoms with Crippen molar-refractivity contribution in [3.63, 3.8) is 0 Å². The highest BCUT2D eigenvalue weighted by Crippen LogP contribution is 2.15. The van der Waals surface area contributed by atoms with Crippen molar-refractivity contribution in [2.45, 2.75) is 13.3 Å². The molecule has 0 saturated carbocycles. The molecule has 1 aromatic carbocycles. The zero-order valence-corrected chi connectivity index (χ0v) is 9.77. The first-order valence-corrected chi connectivity index (χ1v) is 5.10. The van der Waals surface area contributed by atoms with Gasteiger partial charge in [-0.25, -0.2) is 0 Å². The predicted octanol–water partition coefficient (Wildman–Crippen LogP) is 2.14. The predicted molar refractivity (Wildman–Crippen MR) is 63.9 cm³/mol. The van der Waals surface area contributed by atoms with Crippen LogP contribution in [0, 0.1) is 0 Å². The lowest BCUT2D eigenvalue weighted by atomic mass is 10.0. The van der Waals surface area contributed by atoms with Gasteiger partial charge in [0.15, 0.2) is 5.78 Å². The first-order chi connectivity index (χ1) is 8.02. The number of carboxylic acid groups (broad SMARTS) is 1. The maximum Gasteiger partial charge on any atom is 0.307 e. The number of carbonyl (C=O) groups excluding carboxylic acids is 1. The van der Waals surface area contributed by atoms with Crippen molar-refractivity contribution >= 4 is 17.8 Å². The molecule has 0 aromatic heterocycles. The van der Waals surface area contributed by atoms with Crippen LogP contribution in [0.1, 0.15) is 18.9 Å². The summed E-state index contributed by atoms with van der Waals surface area (Å²) in [5.74, 6) is -0.534. The van der Waals surface area contributed by atoms with E-state index in [4.69, 9.17) is 9.84 Å². The third kappa shape index (κ3) is 4.10. The van der Waals surface area contributed by atoms with Crippen LogP contribution >= 0.6 is 0 Å². The van der Waals surface area contributed by atoms with Gasteiger partial charge in [-0.1, -0.05) is 12.1 Å². The Labute approximate surface area is 99.5 Å². The van der Waals surface area contributed by atoms with Gasteiger partial charge in [0.2, 0.25) is 0 Å². The molecule has 4 heteroatoms. The van der Waals surface area contributed by atoms with Crippen LogP contribution in [0.25, 0.3) is 6.08 Å². The van der Waals surface area contributed by atoms with Crippen molar-refractivity contribution in [2.24, 2.45) is 0 Å². The van der Waals surface area contributed by atoms with Crippen molar-refractivity contribution in [3.05, 3.63) is 35.4 Å².